The normalized spacial score (nSPS) is 15.7. The Morgan fingerprint density at radius 3 is 2.59 bits per heavy atom. The lowest BCUT2D eigenvalue weighted by atomic mass is 10.1. The molecular formula is C16H18Cl2N4O4S. The summed E-state index contributed by atoms with van der Waals surface area (Å²) in [4.78, 5) is 13.9. The smallest absolute Gasteiger partial charge is 0.260 e. The number of piperidine rings is 1. The lowest BCUT2D eigenvalue weighted by molar-refractivity contribution is -0.134. The maximum absolute atomic E-state index is 12.6. The monoisotopic (exact) mass is 432 g/mol. The number of likely N-dealkylation sites (tertiary alicyclic amines) is 1. The molecule has 8 nitrogen and oxygen atoms in total. The second kappa shape index (κ2) is 8.04. The van der Waals surface area contributed by atoms with Crippen molar-refractivity contribution in [1.82, 2.24) is 19.7 Å². The fourth-order valence-electron chi connectivity index (χ4n) is 2.92. The van der Waals surface area contributed by atoms with Gasteiger partial charge in [0, 0.05) is 25.2 Å². The van der Waals surface area contributed by atoms with Gasteiger partial charge in [-0.3, -0.25) is 4.79 Å². The SMILES string of the molecule is Cn1cnnc1S(=O)(=O)C1CCN(C(=O)COc2ccc(Cl)cc2Cl)CC1. The molecule has 0 saturated carbocycles. The largest absolute Gasteiger partial charge is 0.482 e. The highest BCUT2D eigenvalue weighted by Crippen LogP contribution is 2.28. The number of hydrogen-bond acceptors (Lipinski definition) is 6. The second-order valence-electron chi connectivity index (χ2n) is 6.21. The number of nitrogens with zero attached hydrogens (tertiary/aromatic N) is 4. The van der Waals surface area contributed by atoms with Crippen LogP contribution in [-0.4, -0.2) is 58.9 Å². The molecule has 1 saturated heterocycles. The van der Waals surface area contributed by atoms with E-state index in [2.05, 4.69) is 10.2 Å². The third-order valence-corrected chi connectivity index (χ3v) is 7.16. The van der Waals surface area contributed by atoms with Gasteiger partial charge in [-0.2, -0.15) is 0 Å². The molecule has 3 rings (SSSR count). The molecule has 2 heterocycles. The molecule has 146 valence electrons. The zero-order chi connectivity index (χ0) is 19.6. The molecule has 0 atom stereocenters. The molecule has 2 aromatic rings. The van der Waals surface area contributed by atoms with E-state index in [1.54, 1.807) is 24.1 Å². The molecule has 0 aliphatic carbocycles. The van der Waals surface area contributed by atoms with Gasteiger partial charge >= 0.3 is 0 Å². The number of aryl methyl sites for hydroxylation is 1. The van der Waals surface area contributed by atoms with Gasteiger partial charge in [0.2, 0.25) is 15.0 Å². The van der Waals surface area contributed by atoms with Crippen molar-refractivity contribution < 1.29 is 17.9 Å². The van der Waals surface area contributed by atoms with Crippen LogP contribution >= 0.6 is 23.2 Å². The summed E-state index contributed by atoms with van der Waals surface area (Å²) in [7, 11) is -1.99. The predicted molar refractivity (Wildman–Crippen MR) is 99.7 cm³/mol. The summed E-state index contributed by atoms with van der Waals surface area (Å²) in [5.41, 5.74) is 0. The zero-order valence-electron chi connectivity index (χ0n) is 14.5. The highest BCUT2D eigenvalue weighted by Gasteiger charge is 2.35. The minimum absolute atomic E-state index is 0.0482. The minimum atomic E-state index is -3.57. The Bertz CT molecular complexity index is 940. The van der Waals surface area contributed by atoms with Gasteiger partial charge in [0.15, 0.2) is 6.61 Å². The molecule has 1 fully saturated rings. The quantitative estimate of drug-likeness (QED) is 0.716. The Morgan fingerprint density at radius 2 is 2.00 bits per heavy atom. The number of carbonyl (C=O) groups is 1. The van der Waals surface area contributed by atoms with E-state index in [-0.39, 0.29) is 17.7 Å². The molecule has 11 heteroatoms. The number of carbonyl (C=O) groups excluding carboxylic acids is 1. The number of halogens is 2. The highest BCUT2D eigenvalue weighted by molar-refractivity contribution is 7.91. The highest BCUT2D eigenvalue weighted by atomic mass is 35.5. The number of hydrogen-bond donors (Lipinski definition) is 0. The predicted octanol–water partition coefficient (Wildman–Crippen LogP) is 1.97. The molecule has 0 bridgehead atoms. The number of aromatic nitrogens is 3. The van der Waals surface area contributed by atoms with Crippen LogP contribution in [0.3, 0.4) is 0 Å². The molecule has 1 aliphatic rings. The van der Waals surface area contributed by atoms with Crippen LogP contribution in [0.15, 0.2) is 29.7 Å². The zero-order valence-corrected chi connectivity index (χ0v) is 16.8. The number of ether oxygens (including phenoxy) is 1. The van der Waals surface area contributed by atoms with Crippen molar-refractivity contribution in [3.05, 3.63) is 34.6 Å². The molecule has 27 heavy (non-hydrogen) atoms. The Kier molecular flexibility index (Phi) is 5.92. The summed E-state index contributed by atoms with van der Waals surface area (Å²) in [5.74, 6) is 0.143. The van der Waals surface area contributed by atoms with Crippen LogP contribution < -0.4 is 4.74 Å². The maximum Gasteiger partial charge on any atom is 0.260 e. The third kappa shape index (κ3) is 4.36. The molecule has 0 N–H and O–H groups in total. The average molecular weight is 433 g/mol. The Morgan fingerprint density at radius 1 is 1.30 bits per heavy atom. The Balaban J connectivity index is 1.56. The van der Waals surface area contributed by atoms with Crippen molar-refractivity contribution in [2.75, 3.05) is 19.7 Å². The number of sulfone groups is 1. The van der Waals surface area contributed by atoms with Gasteiger partial charge in [0.05, 0.1) is 10.3 Å². The van der Waals surface area contributed by atoms with E-state index in [1.807, 2.05) is 0 Å². The van der Waals surface area contributed by atoms with E-state index in [1.165, 1.54) is 17.0 Å². The van der Waals surface area contributed by atoms with Crippen molar-refractivity contribution >= 4 is 38.9 Å². The van der Waals surface area contributed by atoms with E-state index in [9.17, 15) is 13.2 Å². The van der Waals surface area contributed by atoms with Gasteiger partial charge < -0.3 is 14.2 Å². The maximum atomic E-state index is 12.6. The van der Waals surface area contributed by atoms with E-state index < -0.39 is 15.1 Å². The van der Waals surface area contributed by atoms with E-state index in [4.69, 9.17) is 27.9 Å². The number of rotatable bonds is 5. The summed E-state index contributed by atoms with van der Waals surface area (Å²) in [6.07, 6.45) is 2.02. The van der Waals surface area contributed by atoms with Crippen molar-refractivity contribution in [2.24, 2.45) is 7.05 Å². The van der Waals surface area contributed by atoms with Gasteiger partial charge in [-0.1, -0.05) is 23.2 Å². The van der Waals surface area contributed by atoms with E-state index in [0.29, 0.717) is 41.7 Å². The van der Waals surface area contributed by atoms with E-state index >= 15 is 0 Å². The summed E-state index contributed by atoms with van der Waals surface area (Å²) in [6, 6.07) is 4.75. The van der Waals surface area contributed by atoms with Crippen LogP contribution in [0.1, 0.15) is 12.8 Å². The lowest BCUT2D eigenvalue weighted by Gasteiger charge is -2.31. The van der Waals surface area contributed by atoms with Crippen LogP contribution in [0.5, 0.6) is 5.75 Å². The molecule has 0 unspecified atom stereocenters. The van der Waals surface area contributed by atoms with Crippen molar-refractivity contribution in [1.29, 1.82) is 0 Å². The molecule has 1 aromatic heterocycles. The molecule has 1 aliphatic heterocycles. The van der Waals surface area contributed by atoms with Crippen molar-refractivity contribution in [3.63, 3.8) is 0 Å². The topological polar surface area (TPSA) is 94.4 Å². The first kappa shape index (κ1) is 19.9. The second-order valence-corrected chi connectivity index (χ2v) is 9.18. The van der Waals surface area contributed by atoms with Crippen LogP contribution in [0.25, 0.3) is 0 Å². The number of benzene rings is 1. The van der Waals surface area contributed by atoms with Crippen LogP contribution in [-0.2, 0) is 21.7 Å². The van der Waals surface area contributed by atoms with Crippen LogP contribution in [0.2, 0.25) is 10.0 Å². The lowest BCUT2D eigenvalue weighted by Crippen LogP contribution is -2.44. The van der Waals surface area contributed by atoms with Crippen LogP contribution in [0, 0.1) is 0 Å². The van der Waals surface area contributed by atoms with Crippen molar-refractivity contribution in [3.8, 4) is 5.75 Å². The van der Waals surface area contributed by atoms with Crippen molar-refractivity contribution in [2.45, 2.75) is 23.2 Å². The molecule has 0 spiro atoms. The standard InChI is InChI=1S/C16H18Cl2N4O4S/c1-21-10-19-20-16(21)27(24,25)12-4-6-22(7-5-12)15(23)9-26-14-3-2-11(17)8-13(14)18/h2-3,8,10,12H,4-7,9H2,1H3. The minimum Gasteiger partial charge on any atom is -0.482 e. The first-order chi connectivity index (χ1) is 12.8. The number of amides is 1. The fourth-order valence-corrected chi connectivity index (χ4v) is 5.12. The summed E-state index contributed by atoms with van der Waals surface area (Å²) in [5, 5.41) is 7.49. The molecular weight excluding hydrogens is 415 g/mol. The van der Waals surface area contributed by atoms with Gasteiger partial charge in [-0.05, 0) is 31.0 Å². The van der Waals surface area contributed by atoms with Gasteiger partial charge in [0.1, 0.15) is 12.1 Å². The molecule has 1 amide bonds. The molecule has 0 radical (unpaired) electrons. The van der Waals surface area contributed by atoms with Crippen LogP contribution in [0.4, 0.5) is 0 Å². The van der Waals surface area contributed by atoms with E-state index in [0.717, 1.165) is 0 Å². The summed E-state index contributed by atoms with van der Waals surface area (Å²) >= 11 is 11.8. The van der Waals surface area contributed by atoms with Gasteiger partial charge in [-0.15, -0.1) is 10.2 Å². The third-order valence-electron chi connectivity index (χ3n) is 4.40. The first-order valence-corrected chi connectivity index (χ1v) is 10.5. The Hall–Kier alpha value is -1.84. The first-order valence-electron chi connectivity index (χ1n) is 8.22. The molecule has 1 aromatic carbocycles. The summed E-state index contributed by atoms with van der Waals surface area (Å²) < 4.78 is 32.1. The fraction of sp³-hybridized carbons (Fsp3) is 0.438. The summed E-state index contributed by atoms with van der Waals surface area (Å²) in [6.45, 7) is 0.485. The average Bonchev–Trinajstić information content (AvgIpc) is 3.07. The Labute approximate surface area is 166 Å². The van der Waals surface area contributed by atoms with Gasteiger partial charge in [0.25, 0.3) is 5.91 Å². The van der Waals surface area contributed by atoms with Gasteiger partial charge in [-0.25, -0.2) is 8.42 Å².